The summed E-state index contributed by atoms with van der Waals surface area (Å²) in [6.07, 6.45) is -0.589. The number of hydrogen-bond acceptors (Lipinski definition) is 12. The van der Waals surface area contributed by atoms with Gasteiger partial charge in [-0.25, -0.2) is 4.79 Å². The van der Waals surface area contributed by atoms with Crippen molar-refractivity contribution in [2.45, 2.75) is 30.9 Å². The summed E-state index contributed by atoms with van der Waals surface area (Å²) in [7, 11) is -2.23. The second kappa shape index (κ2) is 14.6. The van der Waals surface area contributed by atoms with Crippen molar-refractivity contribution in [2.75, 3.05) is 11.5 Å². The summed E-state index contributed by atoms with van der Waals surface area (Å²) >= 11 is 0. The first-order valence-corrected chi connectivity index (χ1v) is 13.7. The maximum Gasteiger partial charge on any atom is 1.00 e. The van der Waals surface area contributed by atoms with E-state index < -0.39 is 50.3 Å². The third kappa shape index (κ3) is 9.08. The number of hydroxylamine groups is 2. The number of rotatable bonds is 13. The Bertz CT molecular complexity index is 1210. The molecule has 1 aliphatic heterocycles. The van der Waals surface area contributed by atoms with Crippen LogP contribution >= 0.6 is 21.6 Å². The zero-order valence-corrected chi connectivity index (χ0v) is 23.3. The van der Waals surface area contributed by atoms with Gasteiger partial charge in [-0.3, -0.25) is 29.1 Å². The number of nitro benzene ring substituents is 1. The van der Waals surface area contributed by atoms with Gasteiger partial charge in [0.2, 0.25) is 0 Å². The number of carbonyl (C=O) groups excluding carboxylic acids is 4. The zero-order valence-electron chi connectivity index (χ0n) is 19.9. The first-order valence-electron chi connectivity index (χ1n) is 9.72. The first kappa shape index (κ1) is 31.9. The van der Waals surface area contributed by atoms with E-state index >= 15 is 0 Å². The van der Waals surface area contributed by atoms with Gasteiger partial charge in [-0.1, -0.05) is 21.6 Å². The number of benzene rings is 1. The van der Waals surface area contributed by atoms with Crippen molar-refractivity contribution in [3.05, 3.63) is 33.9 Å². The van der Waals surface area contributed by atoms with Crippen molar-refractivity contribution < 1.29 is 77.7 Å². The van der Waals surface area contributed by atoms with Crippen molar-refractivity contribution >= 4 is 73.4 Å². The number of Topliss-reactive ketones (excluding diaryl/α,β-unsaturated/α-hetero) is 1. The van der Waals surface area contributed by atoms with Gasteiger partial charge in [0.1, 0.15) is 10.8 Å². The molecule has 0 aliphatic carbocycles. The van der Waals surface area contributed by atoms with E-state index in [1.54, 1.807) is 0 Å². The summed E-state index contributed by atoms with van der Waals surface area (Å²) in [5, 5.41) is 12.9. The van der Waals surface area contributed by atoms with Crippen LogP contribution < -0.4 is 29.6 Å². The predicted octanol–water partition coefficient (Wildman–Crippen LogP) is -1.09. The summed E-state index contributed by atoms with van der Waals surface area (Å²) in [4.78, 5) is 66.2. The number of imide groups is 1. The molecule has 1 saturated heterocycles. The minimum atomic E-state index is -4.80. The molecular formula is C18H20N4NaO10S3+. The molecule has 190 valence electrons. The van der Waals surface area contributed by atoms with Gasteiger partial charge < -0.3 is 6.26 Å². The minimum Gasteiger partial charge on any atom is -1.00 e. The van der Waals surface area contributed by atoms with Crippen molar-refractivity contribution in [1.29, 1.82) is 0 Å². The number of amides is 2. The summed E-state index contributed by atoms with van der Waals surface area (Å²) in [6, 6.07) is 3.80. The van der Waals surface area contributed by atoms with E-state index in [2.05, 4.69) is 21.5 Å². The molecule has 0 aromatic heterocycles. The van der Waals surface area contributed by atoms with E-state index in [0.717, 1.165) is 0 Å². The van der Waals surface area contributed by atoms with E-state index in [1.165, 1.54) is 39.8 Å². The Kier molecular flexibility index (Phi) is 12.9. The van der Waals surface area contributed by atoms with Crippen molar-refractivity contribution in [2.24, 2.45) is 5.11 Å². The molecule has 1 N–H and O–H groups in total. The Morgan fingerprint density at radius 2 is 1.97 bits per heavy atom. The van der Waals surface area contributed by atoms with Crippen LogP contribution in [0, 0.1) is 10.1 Å². The molecule has 14 nitrogen and oxygen atoms in total. The fraction of sp³-hybridized carbons (Fsp3) is 0.389. The molecule has 1 heterocycles. The molecule has 18 heteroatoms. The van der Waals surface area contributed by atoms with Crippen molar-refractivity contribution in [1.82, 2.24) is 5.06 Å². The Morgan fingerprint density at radius 3 is 2.56 bits per heavy atom. The van der Waals surface area contributed by atoms with Gasteiger partial charge >= 0.3 is 35.5 Å². The van der Waals surface area contributed by atoms with E-state index in [-0.39, 0.29) is 71.6 Å². The fourth-order valence-electron chi connectivity index (χ4n) is 2.78. The summed E-state index contributed by atoms with van der Waals surface area (Å²) in [6.45, 7) is 3.20. The molecule has 1 aromatic carbocycles. The van der Waals surface area contributed by atoms with E-state index in [4.69, 9.17) is 4.55 Å². The second-order valence-corrected chi connectivity index (χ2v) is 11.1. The minimum absolute atomic E-state index is 0. The van der Waals surface area contributed by atoms with Crippen LogP contribution in [0.15, 0.2) is 23.3 Å². The van der Waals surface area contributed by atoms with Crippen molar-refractivity contribution in [3.8, 4) is 0 Å². The summed E-state index contributed by atoms with van der Waals surface area (Å²) < 4.78 is 31.1. The van der Waals surface area contributed by atoms with Crippen LogP contribution in [-0.4, -0.2) is 74.8 Å². The number of nitro groups is 1. The fourth-order valence-corrected chi connectivity index (χ4v) is 5.54. The van der Waals surface area contributed by atoms with Gasteiger partial charge in [0, 0.05) is 28.8 Å². The Hall–Kier alpha value is -2.11. The average molecular weight is 572 g/mol. The molecule has 0 spiro atoms. The van der Waals surface area contributed by atoms with Gasteiger partial charge in [0.05, 0.1) is 23.3 Å². The quantitative estimate of drug-likeness (QED) is 0.0256. The first-order chi connectivity index (χ1) is 16.5. The third-order valence-corrected chi connectivity index (χ3v) is 7.96. The second-order valence-electron chi connectivity index (χ2n) is 6.82. The van der Waals surface area contributed by atoms with Crippen LogP contribution in [0.5, 0.6) is 0 Å². The molecule has 1 unspecified atom stereocenters. The number of hydrogen-bond donors (Lipinski definition) is 1. The average Bonchev–Trinajstić information content (AvgIpc) is 3.07. The molecule has 1 fully saturated rings. The molecule has 2 rings (SSSR count). The Balaban J connectivity index is 0.00000648. The molecule has 0 bridgehead atoms. The van der Waals surface area contributed by atoms with E-state index in [0.29, 0.717) is 12.2 Å². The Morgan fingerprint density at radius 1 is 1.31 bits per heavy atom. The van der Waals surface area contributed by atoms with Gasteiger partial charge in [0.25, 0.3) is 34.3 Å². The standard InChI is InChI=1S/C18H18N4O10S3.Na.H/c1-19-20-11-4-5-13(22(27)28)12(9-11)14(23)3-2-7-33-34-8-6-17(25)32-21-16(24)10-15(18(21)26)35(29,30)31;;/h4-5,9,15H,1-3,6-8,10H2;;/q;+1;-1/p+1. The molecular weight excluding hydrogens is 551 g/mol. The van der Waals surface area contributed by atoms with Crippen LogP contribution in [0.4, 0.5) is 11.4 Å². The SMILES string of the molecule is C=[N+]=Nc1ccc([N+](=O)[O-])c(C(=O)CCCSSCCC(=O)ON2C(=O)CC(S(=O)(=O)O)C2=O)c1.[H-].[Na+]. The van der Waals surface area contributed by atoms with Gasteiger partial charge in [-0.15, -0.1) is 5.06 Å². The van der Waals surface area contributed by atoms with Crippen LogP contribution in [-0.2, 0) is 29.3 Å². The molecule has 1 aromatic rings. The van der Waals surface area contributed by atoms with E-state index in [9.17, 15) is 37.7 Å². The van der Waals surface area contributed by atoms with Gasteiger partial charge in [-0.2, -0.15) is 8.42 Å². The van der Waals surface area contributed by atoms with Crippen LogP contribution in [0.1, 0.15) is 37.5 Å². The number of ketones is 1. The number of nitrogens with zero attached hydrogens (tertiary/aromatic N) is 4. The molecule has 0 radical (unpaired) electrons. The van der Waals surface area contributed by atoms with E-state index in [1.807, 2.05) is 0 Å². The third-order valence-electron chi connectivity index (χ3n) is 4.38. The maximum atomic E-state index is 12.4. The van der Waals surface area contributed by atoms with Crippen LogP contribution in [0.2, 0.25) is 0 Å². The van der Waals surface area contributed by atoms with Gasteiger partial charge in [-0.05, 0) is 18.6 Å². The Labute approximate surface area is 236 Å². The largest absolute Gasteiger partial charge is 1.00 e. The normalized spacial score (nSPS) is 15.1. The summed E-state index contributed by atoms with van der Waals surface area (Å²) in [5.41, 5.74) is -0.157. The smallest absolute Gasteiger partial charge is 1.00 e. The van der Waals surface area contributed by atoms with Crippen LogP contribution in [0.25, 0.3) is 0 Å². The maximum absolute atomic E-state index is 12.4. The predicted molar refractivity (Wildman–Crippen MR) is 125 cm³/mol. The monoisotopic (exact) mass is 571 g/mol. The zero-order chi connectivity index (χ0) is 26.2. The van der Waals surface area contributed by atoms with Crippen molar-refractivity contribution in [3.63, 3.8) is 0 Å². The molecule has 36 heavy (non-hydrogen) atoms. The van der Waals surface area contributed by atoms with Crippen LogP contribution in [0.3, 0.4) is 0 Å². The molecule has 0 saturated carbocycles. The summed E-state index contributed by atoms with van der Waals surface area (Å²) in [5.74, 6) is -3.07. The molecule has 1 atom stereocenters. The topological polar surface area (TPSA) is 205 Å². The number of carbonyl (C=O) groups is 4. The van der Waals surface area contributed by atoms with Gasteiger partial charge in [0.15, 0.2) is 11.0 Å². The molecule has 1 aliphatic rings. The molecule has 2 amide bonds.